The van der Waals surface area contributed by atoms with Crippen LogP contribution in [0.3, 0.4) is 0 Å². The largest absolute Gasteiger partial charge is 0.336 e. The van der Waals surface area contributed by atoms with Gasteiger partial charge in [0.25, 0.3) is 0 Å². The lowest BCUT2D eigenvalue weighted by Gasteiger charge is -2.26. The van der Waals surface area contributed by atoms with Gasteiger partial charge < -0.3 is 4.90 Å². The van der Waals surface area contributed by atoms with Gasteiger partial charge >= 0.3 is 0 Å². The van der Waals surface area contributed by atoms with E-state index in [-0.39, 0.29) is 0 Å². The molecule has 1 nitrogen and oxygen atoms in total. The third-order valence-electron chi connectivity index (χ3n) is 3.39. The Morgan fingerprint density at radius 3 is 1.90 bits per heavy atom. The van der Waals surface area contributed by atoms with E-state index in [2.05, 4.69) is 93.6 Å². The Hall–Kier alpha value is -2.06. The summed E-state index contributed by atoms with van der Waals surface area (Å²) in [5.41, 5.74) is 3.65. The SMILES string of the molecule is Brc1ccccc1N(Cc1ccccc1)c1ccccc1. The Bertz CT molecular complexity index is 695. The molecular formula is C19H16BrN. The molecule has 0 radical (unpaired) electrons. The molecule has 104 valence electrons. The Labute approximate surface area is 134 Å². The average molecular weight is 338 g/mol. The lowest BCUT2D eigenvalue weighted by atomic mass is 10.1. The molecule has 0 aliphatic carbocycles. The topological polar surface area (TPSA) is 3.24 Å². The van der Waals surface area contributed by atoms with Crippen molar-refractivity contribution in [3.8, 4) is 0 Å². The van der Waals surface area contributed by atoms with Crippen molar-refractivity contribution in [2.45, 2.75) is 6.54 Å². The summed E-state index contributed by atoms with van der Waals surface area (Å²) in [6, 6.07) is 29.3. The summed E-state index contributed by atoms with van der Waals surface area (Å²) in [4.78, 5) is 2.32. The molecule has 0 aliphatic rings. The number of hydrogen-bond acceptors (Lipinski definition) is 1. The van der Waals surface area contributed by atoms with Gasteiger partial charge in [0, 0.05) is 16.7 Å². The van der Waals surface area contributed by atoms with Crippen LogP contribution in [0.1, 0.15) is 5.56 Å². The Balaban J connectivity index is 2.02. The molecular weight excluding hydrogens is 322 g/mol. The van der Waals surface area contributed by atoms with Crippen LogP contribution < -0.4 is 4.90 Å². The molecule has 0 aromatic heterocycles. The minimum atomic E-state index is 0.841. The molecule has 0 saturated heterocycles. The van der Waals surface area contributed by atoms with Crippen LogP contribution in [-0.4, -0.2) is 0 Å². The van der Waals surface area contributed by atoms with Crippen molar-refractivity contribution < 1.29 is 0 Å². The summed E-state index contributed by atoms with van der Waals surface area (Å²) in [6.45, 7) is 0.841. The summed E-state index contributed by atoms with van der Waals surface area (Å²) in [6.07, 6.45) is 0. The molecule has 0 bridgehead atoms. The van der Waals surface area contributed by atoms with E-state index in [1.807, 2.05) is 12.1 Å². The first-order valence-corrected chi connectivity index (χ1v) is 7.75. The summed E-state index contributed by atoms with van der Waals surface area (Å²) in [5.74, 6) is 0. The fraction of sp³-hybridized carbons (Fsp3) is 0.0526. The van der Waals surface area contributed by atoms with E-state index in [1.54, 1.807) is 0 Å². The second-order valence-electron chi connectivity index (χ2n) is 4.86. The second-order valence-corrected chi connectivity index (χ2v) is 5.71. The zero-order chi connectivity index (χ0) is 14.5. The number of benzene rings is 3. The molecule has 21 heavy (non-hydrogen) atoms. The van der Waals surface area contributed by atoms with Crippen molar-refractivity contribution in [1.29, 1.82) is 0 Å². The zero-order valence-electron chi connectivity index (χ0n) is 11.6. The van der Waals surface area contributed by atoms with Crippen molar-refractivity contribution >= 4 is 27.3 Å². The van der Waals surface area contributed by atoms with Gasteiger partial charge in [-0.25, -0.2) is 0 Å². The number of rotatable bonds is 4. The lowest BCUT2D eigenvalue weighted by Crippen LogP contribution is -2.16. The Morgan fingerprint density at radius 2 is 1.24 bits per heavy atom. The normalized spacial score (nSPS) is 10.3. The monoisotopic (exact) mass is 337 g/mol. The van der Waals surface area contributed by atoms with Gasteiger partial charge in [0.05, 0.1) is 5.69 Å². The second kappa shape index (κ2) is 6.59. The minimum Gasteiger partial charge on any atom is -0.336 e. The molecule has 3 aromatic carbocycles. The van der Waals surface area contributed by atoms with Crippen molar-refractivity contribution in [3.63, 3.8) is 0 Å². The molecule has 0 amide bonds. The maximum absolute atomic E-state index is 3.67. The van der Waals surface area contributed by atoms with Crippen LogP contribution in [-0.2, 0) is 6.54 Å². The van der Waals surface area contributed by atoms with Crippen LogP contribution in [0, 0.1) is 0 Å². The highest BCUT2D eigenvalue weighted by atomic mass is 79.9. The van der Waals surface area contributed by atoms with E-state index in [4.69, 9.17) is 0 Å². The summed E-state index contributed by atoms with van der Waals surface area (Å²) >= 11 is 3.67. The molecule has 2 heteroatoms. The first kappa shape index (κ1) is 13.9. The summed E-state index contributed by atoms with van der Waals surface area (Å²) in [7, 11) is 0. The third-order valence-corrected chi connectivity index (χ3v) is 4.07. The molecule has 0 unspecified atom stereocenters. The molecule has 0 atom stereocenters. The smallest absolute Gasteiger partial charge is 0.0558 e. The fourth-order valence-electron chi connectivity index (χ4n) is 2.36. The highest BCUT2D eigenvalue weighted by Gasteiger charge is 2.12. The van der Waals surface area contributed by atoms with Crippen LogP contribution in [0.5, 0.6) is 0 Å². The summed E-state index contributed by atoms with van der Waals surface area (Å²) < 4.78 is 1.10. The van der Waals surface area contributed by atoms with Crippen LogP contribution in [0.15, 0.2) is 89.4 Å². The first-order chi connectivity index (χ1) is 10.3. The molecule has 3 aromatic rings. The highest BCUT2D eigenvalue weighted by Crippen LogP contribution is 2.33. The number of para-hydroxylation sites is 2. The average Bonchev–Trinajstić information content (AvgIpc) is 2.55. The minimum absolute atomic E-state index is 0.841. The zero-order valence-corrected chi connectivity index (χ0v) is 13.2. The molecule has 0 fully saturated rings. The molecule has 3 rings (SSSR count). The van der Waals surface area contributed by atoms with Gasteiger partial charge in [-0.05, 0) is 45.8 Å². The van der Waals surface area contributed by atoms with Gasteiger partial charge in [-0.2, -0.15) is 0 Å². The molecule has 0 aliphatic heterocycles. The highest BCUT2D eigenvalue weighted by molar-refractivity contribution is 9.10. The first-order valence-electron chi connectivity index (χ1n) is 6.95. The standard InChI is InChI=1S/C19H16BrN/c20-18-13-7-8-14-19(18)21(17-11-5-2-6-12-17)15-16-9-3-1-4-10-16/h1-14H,15H2. The fourth-order valence-corrected chi connectivity index (χ4v) is 2.86. The maximum atomic E-state index is 3.67. The van der Waals surface area contributed by atoms with E-state index in [0.717, 1.165) is 11.0 Å². The van der Waals surface area contributed by atoms with Gasteiger partial charge in [-0.15, -0.1) is 0 Å². The quantitative estimate of drug-likeness (QED) is 0.582. The Kier molecular flexibility index (Phi) is 4.37. The van der Waals surface area contributed by atoms with E-state index >= 15 is 0 Å². The van der Waals surface area contributed by atoms with Crippen molar-refractivity contribution in [3.05, 3.63) is 95.0 Å². The molecule has 0 heterocycles. The lowest BCUT2D eigenvalue weighted by molar-refractivity contribution is 0.972. The van der Waals surface area contributed by atoms with Crippen LogP contribution >= 0.6 is 15.9 Å². The predicted molar refractivity (Wildman–Crippen MR) is 92.9 cm³/mol. The van der Waals surface area contributed by atoms with Crippen LogP contribution in [0.25, 0.3) is 0 Å². The van der Waals surface area contributed by atoms with Crippen molar-refractivity contribution in [1.82, 2.24) is 0 Å². The third kappa shape index (κ3) is 3.34. The van der Waals surface area contributed by atoms with Gasteiger partial charge in [0.15, 0.2) is 0 Å². The van der Waals surface area contributed by atoms with Gasteiger partial charge in [0.2, 0.25) is 0 Å². The van der Waals surface area contributed by atoms with Gasteiger partial charge in [0.1, 0.15) is 0 Å². The Morgan fingerprint density at radius 1 is 0.667 bits per heavy atom. The van der Waals surface area contributed by atoms with Crippen molar-refractivity contribution in [2.24, 2.45) is 0 Å². The van der Waals surface area contributed by atoms with Crippen molar-refractivity contribution in [2.75, 3.05) is 4.90 Å². The van der Waals surface area contributed by atoms with Crippen LogP contribution in [0.4, 0.5) is 11.4 Å². The number of hydrogen-bond donors (Lipinski definition) is 0. The van der Waals surface area contributed by atoms with Crippen LogP contribution in [0.2, 0.25) is 0 Å². The summed E-state index contributed by atoms with van der Waals surface area (Å²) in [5, 5.41) is 0. The van der Waals surface area contributed by atoms with E-state index in [9.17, 15) is 0 Å². The molecule has 0 saturated carbocycles. The number of nitrogens with zero attached hydrogens (tertiary/aromatic N) is 1. The number of anilines is 2. The molecule has 0 spiro atoms. The maximum Gasteiger partial charge on any atom is 0.0558 e. The molecule has 0 N–H and O–H groups in total. The van der Waals surface area contributed by atoms with E-state index in [1.165, 1.54) is 16.9 Å². The van der Waals surface area contributed by atoms with E-state index in [0.29, 0.717) is 0 Å². The van der Waals surface area contributed by atoms with Gasteiger partial charge in [-0.1, -0.05) is 60.7 Å². The predicted octanol–water partition coefficient (Wildman–Crippen LogP) is 5.79. The number of halogens is 1. The van der Waals surface area contributed by atoms with E-state index < -0.39 is 0 Å². The van der Waals surface area contributed by atoms with Gasteiger partial charge in [-0.3, -0.25) is 0 Å².